The van der Waals surface area contributed by atoms with E-state index in [1.165, 1.54) is 0 Å². The fourth-order valence-corrected chi connectivity index (χ4v) is 2.67. The third kappa shape index (κ3) is 3.31. The molecule has 0 saturated heterocycles. The topological polar surface area (TPSA) is 90.9 Å². The van der Waals surface area contributed by atoms with Crippen molar-refractivity contribution in [2.24, 2.45) is 0 Å². The van der Waals surface area contributed by atoms with Gasteiger partial charge in [-0.2, -0.15) is 0 Å². The number of para-hydroxylation sites is 1. The number of hydrogen-bond acceptors (Lipinski definition) is 4. The van der Waals surface area contributed by atoms with Crippen LogP contribution >= 0.6 is 0 Å². The van der Waals surface area contributed by atoms with Gasteiger partial charge in [0, 0.05) is 34.9 Å². The predicted molar refractivity (Wildman–Crippen MR) is 88.6 cm³/mol. The van der Waals surface area contributed by atoms with Gasteiger partial charge in [-0.3, -0.25) is 0 Å². The lowest BCUT2D eigenvalue weighted by molar-refractivity contribution is -0.137. The molecular formula is C17H18N4O2. The van der Waals surface area contributed by atoms with Crippen LogP contribution in [0.4, 0.5) is 5.95 Å². The Kier molecular flexibility index (Phi) is 3.97. The molecule has 2 aromatic heterocycles. The fraction of sp³-hybridized carbons (Fsp3) is 0.235. The Hall–Kier alpha value is -2.89. The number of fused-ring (bicyclic) bond motifs is 1. The third-order valence-electron chi connectivity index (χ3n) is 3.68. The zero-order valence-electron chi connectivity index (χ0n) is 13.0. The Morgan fingerprint density at radius 3 is 2.65 bits per heavy atom. The summed E-state index contributed by atoms with van der Waals surface area (Å²) in [6.07, 6.45) is 2.19. The van der Waals surface area contributed by atoms with E-state index < -0.39 is 12.0 Å². The van der Waals surface area contributed by atoms with Gasteiger partial charge in [0.15, 0.2) is 0 Å². The summed E-state index contributed by atoms with van der Waals surface area (Å²) < 4.78 is 0. The number of H-pyrrole nitrogens is 1. The number of carboxylic acid groups (broad SMARTS) is 1. The second-order valence-electron chi connectivity index (χ2n) is 5.57. The van der Waals surface area contributed by atoms with Gasteiger partial charge in [0.05, 0.1) is 0 Å². The number of nitrogens with zero attached hydrogens (tertiary/aromatic N) is 2. The molecule has 1 aromatic carbocycles. The normalized spacial score (nSPS) is 12.3. The fourth-order valence-electron chi connectivity index (χ4n) is 2.67. The van der Waals surface area contributed by atoms with Crippen molar-refractivity contribution in [3.63, 3.8) is 0 Å². The van der Waals surface area contributed by atoms with E-state index >= 15 is 0 Å². The van der Waals surface area contributed by atoms with Gasteiger partial charge in [0.25, 0.3) is 0 Å². The number of benzene rings is 1. The number of aromatic nitrogens is 3. The van der Waals surface area contributed by atoms with Gasteiger partial charge in [0.1, 0.15) is 6.04 Å². The summed E-state index contributed by atoms with van der Waals surface area (Å²) in [6.45, 7) is 3.71. The molecule has 0 bridgehead atoms. The molecule has 118 valence electrons. The lowest BCUT2D eigenvalue weighted by Gasteiger charge is -2.14. The number of aryl methyl sites for hydroxylation is 2. The minimum Gasteiger partial charge on any atom is -0.480 e. The molecule has 1 unspecified atom stereocenters. The highest BCUT2D eigenvalue weighted by Gasteiger charge is 2.20. The molecule has 0 aliphatic carbocycles. The zero-order valence-corrected chi connectivity index (χ0v) is 13.0. The summed E-state index contributed by atoms with van der Waals surface area (Å²) in [5.41, 5.74) is 3.55. The van der Waals surface area contributed by atoms with Crippen LogP contribution in [0.1, 0.15) is 17.0 Å². The van der Waals surface area contributed by atoms with Crippen molar-refractivity contribution < 1.29 is 9.90 Å². The Morgan fingerprint density at radius 2 is 1.96 bits per heavy atom. The van der Waals surface area contributed by atoms with Crippen molar-refractivity contribution in [2.45, 2.75) is 26.3 Å². The van der Waals surface area contributed by atoms with Crippen molar-refractivity contribution in [3.05, 3.63) is 53.5 Å². The van der Waals surface area contributed by atoms with Gasteiger partial charge in [-0.25, -0.2) is 14.8 Å². The summed E-state index contributed by atoms with van der Waals surface area (Å²) in [6, 6.07) is 8.88. The molecule has 3 N–H and O–H groups in total. The predicted octanol–water partition coefficient (Wildman–Crippen LogP) is 2.68. The minimum absolute atomic E-state index is 0.342. The average Bonchev–Trinajstić information content (AvgIpc) is 2.89. The Balaban J connectivity index is 1.86. The third-order valence-corrected chi connectivity index (χ3v) is 3.68. The highest BCUT2D eigenvalue weighted by molar-refractivity contribution is 5.85. The molecule has 3 aromatic rings. The molecule has 1 atom stereocenters. The second-order valence-corrected chi connectivity index (χ2v) is 5.57. The number of aliphatic carboxylic acids is 1. The van der Waals surface area contributed by atoms with E-state index in [1.807, 2.05) is 50.4 Å². The smallest absolute Gasteiger partial charge is 0.326 e. The number of aromatic amines is 1. The lowest BCUT2D eigenvalue weighted by Crippen LogP contribution is -2.32. The summed E-state index contributed by atoms with van der Waals surface area (Å²) in [5.74, 6) is -0.590. The summed E-state index contributed by atoms with van der Waals surface area (Å²) in [7, 11) is 0. The van der Waals surface area contributed by atoms with E-state index in [0.29, 0.717) is 12.4 Å². The van der Waals surface area contributed by atoms with Crippen LogP contribution in [-0.4, -0.2) is 32.1 Å². The highest BCUT2D eigenvalue weighted by atomic mass is 16.4. The average molecular weight is 310 g/mol. The Bertz CT molecular complexity index is 836. The molecule has 0 aliphatic heterocycles. The van der Waals surface area contributed by atoms with Crippen LogP contribution in [0.25, 0.3) is 10.9 Å². The van der Waals surface area contributed by atoms with Crippen molar-refractivity contribution in [1.82, 2.24) is 15.0 Å². The summed E-state index contributed by atoms with van der Waals surface area (Å²) in [5, 5.41) is 13.5. The van der Waals surface area contributed by atoms with E-state index in [-0.39, 0.29) is 0 Å². The maximum atomic E-state index is 11.6. The van der Waals surface area contributed by atoms with Crippen molar-refractivity contribution in [1.29, 1.82) is 0 Å². The summed E-state index contributed by atoms with van der Waals surface area (Å²) >= 11 is 0. The molecule has 0 saturated carbocycles. The van der Waals surface area contributed by atoms with Crippen LogP contribution in [-0.2, 0) is 11.2 Å². The largest absolute Gasteiger partial charge is 0.480 e. The van der Waals surface area contributed by atoms with Gasteiger partial charge < -0.3 is 15.4 Å². The van der Waals surface area contributed by atoms with E-state index in [1.54, 1.807) is 0 Å². The van der Waals surface area contributed by atoms with Gasteiger partial charge >= 0.3 is 5.97 Å². The standard InChI is InChI=1S/C17H18N4O2/c1-10-7-11(2)20-17(19-10)21-15(16(22)23)8-12-9-18-14-6-4-3-5-13(12)14/h3-7,9,15,18H,8H2,1-2H3,(H,22,23)(H,19,20,21). The maximum Gasteiger partial charge on any atom is 0.326 e. The van der Waals surface area contributed by atoms with E-state index in [9.17, 15) is 9.90 Å². The number of nitrogens with one attached hydrogen (secondary N) is 2. The molecule has 6 nitrogen and oxygen atoms in total. The first-order valence-electron chi connectivity index (χ1n) is 7.39. The first-order valence-corrected chi connectivity index (χ1v) is 7.39. The Labute approximate surface area is 133 Å². The van der Waals surface area contributed by atoms with Crippen LogP contribution in [0, 0.1) is 13.8 Å². The van der Waals surface area contributed by atoms with Crippen LogP contribution in [0.15, 0.2) is 36.5 Å². The second kappa shape index (κ2) is 6.08. The maximum absolute atomic E-state index is 11.6. The van der Waals surface area contributed by atoms with Crippen molar-refractivity contribution >= 4 is 22.8 Å². The minimum atomic E-state index is -0.932. The first kappa shape index (κ1) is 15.0. The number of carboxylic acids is 1. The number of carbonyl (C=O) groups is 1. The quantitative estimate of drug-likeness (QED) is 0.674. The summed E-state index contributed by atoms with van der Waals surface area (Å²) in [4.78, 5) is 23.3. The van der Waals surface area contributed by atoms with Crippen LogP contribution in [0.5, 0.6) is 0 Å². The van der Waals surface area contributed by atoms with Gasteiger partial charge in [-0.15, -0.1) is 0 Å². The first-order chi connectivity index (χ1) is 11.0. The number of rotatable bonds is 5. The van der Waals surface area contributed by atoms with Gasteiger partial charge in [-0.1, -0.05) is 18.2 Å². The van der Waals surface area contributed by atoms with E-state index in [4.69, 9.17) is 0 Å². The molecule has 0 fully saturated rings. The monoisotopic (exact) mass is 310 g/mol. The van der Waals surface area contributed by atoms with Crippen LogP contribution < -0.4 is 5.32 Å². The van der Waals surface area contributed by atoms with Crippen LogP contribution in [0.3, 0.4) is 0 Å². The molecule has 23 heavy (non-hydrogen) atoms. The van der Waals surface area contributed by atoms with E-state index in [0.717, 1.165) is 27.9 Å². The SMILES string of the molecule is Cc1cc(C)nc(NC(Cc2c[nH]c3ccccc23)C(=O)O)n1. The lowest BCUT2D eigenvalue weighted by atomic mass is 10.1. The van der Waals surface area contributed by atoms with E-state index in [2.05, 4.69) is 20.3 Å². The molecular weight excluding hydrogens is 292 g/mol. The molecule has 0 spiro atoms. The zero-order chi connectivity index (χ0) is 16.4. The molecule has 0 amide bonds. The highest BCUT2D eigenvalue weighted by Crippen LogP contribution is 2.20. The molecule has 0 aliphatic rings. The number of hydrogen-bond donors (Lipinski definition) is 3. The molecule has 6 heteroatoms. The van der Waals surface area contributed by atoms with Crippen LogP contribution in [0.2, 0.25) is 0 Å². The number of anilines is 1. The molecule has 3 rings (SSSR count). The van der Waals surface area contributed by atoms with Gasteiger partial charge in [0.2, 0.25) is 5.95 Å². The van der Waals surface area contributed by atoms with Crippen molar-refractivity contribution in [2.75, 3.05) is 5.32 Å². The molecule has 2 heterocycles. The Morgan fingerprint density at radius 1 is 1.26 bits per heavy atom. The molecule has 0 radical (unpaired) electrons. The van der Waals surface area contributed by atoms with Crippen molar-refractivity contribution in [3.8, 4) is 0 Å². The van der Waals surface area contributed by atoms with Gasteiger partial charge in [-0.05, 0) is 31.5 Å².